The topological polar surface area (TPSA) is 99.2 Å². The lowest BCUT2D eigenvalue weighted by molar-refractivity contribution is -0.122. The molecule has 0 aliphatic carbocycles. The number of amides is 1. The molecule has 176 valence electrons. The Morgan fingerprint density at radius 1 is 1.12 bits per heavy atom. The minimum atomic E-state index is -3.27. The number of phenols is 1. The summed E-state index contributed by atoms with van der Waals surface area (Å²) < 4.78 is 31.5. The summed E-state index contributed by atoms with van der Waals surface area (Å²) in [5.74, 6) is 0.957. The van der Waals surface area contributed by atoms with E-state index in [9.17, 15) is 18.3 Å². The summed E-state index contributed by atoms with van der Waals surface area (Å²) in [6.45, 7) is 3.34. The number of hydrogen-bond acceptors (Lipinski definition) is 6. The molecule has 1 saturated heterocycles. The molecule has 0 saturated carbocycles. The Kier molecular flexibility index (Phi) is 5.49. The van der Waals surface area contributed by atoms with Crippen molar-refractivity contribution in [1.82, 2.24) is 4.90 Å². The zero-order valence-corrected chi connectivity index (χ0v) is 19.5. The molecule has 0 aromatic heterocycles. The van der Waals surface area contributed by atoms with Crippen molar-refractivity contribution < 1.29 is 23.1 Å². The first-order valence-electron chi connectivity index (χ1n) is 11.4. The SMILES string of the molecule is CS(=O)(=O)N1CCCc2cc(OCCN3CCC4(CC3)C(=O)Nc3ccc(O)cc34)ccc21. The van der Waals surface area contributed by atoms with Crippen molar-refractivity contribution in [1.29, 1.82) is 0 Å². The molecule has 2 aromatic rings. The van der Waals surface area contributed by atoms with Gasteiger partial charge in [0.15, 0.2) is 0 Å². The van der Waals surface area contributed by atoms with Crippen LogP contribution >= 0.6 is 0 Å². The number of nitrogens with one attached hydrogen (secondary N) is 1. The van der Waals surface area contributed by atoms with E-state index in [4.69, 9.17) is 4.74 Å². The van der Waals surface area contributed by atoms with Gasteiger partial charge < -0.3 is 15.2 Å². The normalized spacial score (nSPS) is 19.8. The van der Waals surface area contributed by atoms with Gasteiger partial charge in [0.05, 0.1) is 17.4 Å². The third-order valence-electron chi connectivity index (χ3n) is 7.11. The molecule has 5 rings (SSSR count). The van der Waals surface area contributed by atoms with Crippen LogP contribution in [0.4, 0.5) is 11.4 Å². The smallest absolute Gasteiger partial charge is 0.235 e. The van der Waals surface area contributed by atoms with Crippen LogP contribution in [0.15, 0.2) is 36.4 Å². The van der Waals surface area contributed by atoms with E-state index in [-0.39, 0.29) is 11.7 Å². The van der Waals surface area contributed by atoms with E-state index in [1.54, 1.807) is 18.2 Å². The Morgan fingerprint density at radius 2 is 1.91 bits per heavy atom. The molecule has 8 nitrogen and oxygen atoms in total. The van der Waals surface area contributed by atoms with Crippen molar-refractivity contribution in [3.63, 3.8) is 0 Å². The van der Waals surface area contributed by atoms with Crippen LogP contribution in [-0.2, 0) is 26.7 Å². The highest BCUT2D eigenvalue weighted by atomic mass is 32.2. The molecule has 1 spiro atoms. The number of sulfonamides is 1. The number of carbonyl (C=O) groups is 1. The van der Waals surface area contributed by atoms with Crippen molar-refractivity contribution in [2.45, 2.75) is 31.1 Å². The number of ether oxygens (including phenoxy) is 1. The van der Waals surface area contributed by atoms with Crippen LogP contribution in [0, 0.1) is 0 Å². The quantitative estimate of drug-likeness (QED) is 0.650. The molecule has 1 amide bonds. The van der Waals surface area contributed by atoms with Crippen molar-refractivity contribution in [3.8, 4) is 11.5 Å². The Morgan fingerprint density at radius 3 is 2.67 bits per heavy atom. The summed E-state index contributed by atoms with van der Waals surface area (Å²) in [6, 6.07) is 10.7. The summed E-state index contributed by atoms with van der Waals surface area (Å²) in [5, 5.41) is 12.9. The third-order valence-corrected chi connectivity index (χ3v) is 8.29. The molecule has 3 aliphatic heterocycles. The summed E-state index contributed by atoms with van der Waals surface area (Å²) in [7, 11) is -3.27. The van der Waals surface area contributed by atoms with Gasteiger partial charge in [-0.05, 0) is 86.3 Å². The molecule has 9 heteroatoms. The van der Waals surface area contributed by atoms with Gasteiger partial charge in [0.1, 0.15) is 18.1 Å². The Labute approximate surface area is 194 Å². The molecule has 3 heterocycles. The van der Waals surface area contributed by atoms with Crippen LogP contribution in [0.3, 0.4) is 0 Å². The third kappa shape index (κ3) is 4.04. The zero-order valence-electron chi connectivity index (χ0n) is 18.7. The van der Waals surface area contributed by atoms with E-state index in [1.807, 2.05) is 18.2 Å². The first kappa shape index (κ1) is 22.0. The number of anilines is 2. The van der Waals surface area contributed by atoms with Gasteiger partial charge in [-0.1, -0.05) is 0 Å². The summed E-state index contributed by atoms with van der Waals surface area (Å²) in [6.07, 6.45) is 4.29. The van der Waals surface area contributed by atoms with Crippen molar-refractivity contribution >= 4 is 27.3 Å². The largest absolute Gasteiger partial charge is 0.508 e. The molecule has 0 radical (unpaired) electrons. The maximum atomic E-state index is 12.8. The number of aromatic hydroxyl groups is 1. The first-order valence-corrected chi connectivity index (χ1v) is 13.2. The minimum Gasteiger partial charge on any atom is -0.508 e. The number of phenolic OH excluding ortho intramolecular Hbond substituents is 1. The molecule has 2 aromatic carbocycles. The number of hydrogen-bond donors (Lipinski definition) is 2. The average molecular weight is 472 g/mol. The average Bonchev–Trinajstić information content (AvgIpc) is 3.04. The van der Waals surface area contributed by atoms with Gasteiger partial charge in [0.25, 0.3) is 0 Å². The Hall–Kier alpha value is -2.78. The fraction of sp³-hybridized carbons (Fsp3) is 0.458. The lowest BCUT2D eigenvalue weighted by Crippen LogP contribution is -2.47. The molecular weight excluding hydrogens is 442 g/mol. The van der Waals surface area contributed by atoms with Crippen LogP contribution in [-0.4, -0.2) is 63.4 Å². The number of benzene rings is 2. The van der Waals surface area contributed by atoms with Crippen molar-refractivity contribution in [2.75, 3.05) is 48.7 Å². The van der Waals surface area contributed by atoms with Crippen LogP contribution in [0.1, 0.15) is 30.4 Å². The van der Waals surface area contributed by atoms with E-state index < -0.39 is 15.4 Å². The molecule has 0 atom stereocenters. The molecule has 1 fully saturated rings. The van der Waals surface area contributed by atoms with Crippen LogP contribution < -0.4 is 14.4 Å². The summed E-state index contributed by atoms with van der Waals surface area (Å²) >= 11 is 0. The van der Waals surface area contributed by atoms with Gasteiger partial charge in [-0.25, -0.2) is 8.42 Å². The number of likely N-dealkylation sites (tertiary alicyclic amines) is 1. The van der Waals surface area contributed by atoms with Gasteiger partial charge in [-0.2, -0.15) is 0 Å². The van der Waals surface area contributed by atoms with Gasteiger partial charge >= 0.3 is 0 Å². The highest BCUT2D eigenvalue weighted by Crippen LogP contribution is 2.46. The van der Waals surface area contributed by atoms with Crippen LogP contribution in [0.2, 0.25) is 0 Å². The number of fused-ring (bicyclic) bond motifs is 3. The van der Waals surface area contributed by atoms with E-state index >= 15 is 0 Å². The lowest BCUT2D eigenvalue weighted by Gasteiger charge is -2.37. The zero-order chi connectivity index (χ0) is 23.2. The molecule has 2 N–H and O–H groups in total. The van der Waals surface area contributed by atoms with Gasteiger partial charge in [-0.15, -0.1) is 0 Å². The van der Waals surface area contributed by atoms with Crippen molar-refractivity contribution in [3.05, 3.63) is 47.5 Å². The first-order chi connectivity index (χ1) is 15.8. The van der Waals surface area contributed by atoms with Crippen LogP contribution in [0.5, 0.6) is 11.5 Å². The fourth-order valence-electron chi connectivity index (χ4n) is 5.32. The number of aryl methyl sites for hydroxylation is 1. The lowest BCUT2D eigenvalue weighted by atomic mass is 9.73. The number of carbonyl (C=O) groups excluding carboxylic acids is 1. The monoisotopic (exact) mass is 471 g/mol. The highest BCUT2D eigenvalue weighted by Gasteiger charge is 2.48. The Bertz CT molecular complexity index is 1190. The maximum absolute atomic E-state index is 12.8. The predicted molar refractivity (Wildman–Crippen MR) is 127 cm³/mol. The molecule has 0 unspecified atom stereocenters. The van der Waals surface area contributed by atoms with Crippen molar-refractivity contribution in [2.24, 2.45) is 0 Å². The molecular formula is C24H29N3O5S. The number of piperidine rings is 1. The summed E-state index contributed by atoms with van der Waals surface area (Å²) in [5.41, 5.74) is 2.89. The second-order valence-corrected chi connectivity index (χ2v) is 11.1. The molecule has 0 bridgehead atoms. The minimum absolute atomic E-state index is 0.0243. The number of nitrogens with zero attached hydrogens (tertiary/aromatic N) is 2. The van der Waals surface area contributed by atoms with E-state index in [1.165, 1.54) is 10.6 Å². The van der Waals surface area contributed by atoms with Gasteiger partial charge in [0.2, 0.25) is 15.9 Å². The van der Waals surface area contributed by atoms with E-state index in [2.05, 4.69) is 10.2 Å². The second kappa shape index (κ2) is 8.22. The fourth-order valence-corrected chi connectivity index (χ4v) is 6.32. The molecule has 3 aliphatic rings. The number of rotatable bonds is 5. The second-order valence-electron chi connectivity index (χ2n) is 9.19. The highest BCUT2D eigenvalue weighted by molar-refractivity contribution is 7.92. The standard InChI is InChI=1S/C24H29N3O5S/c1-33(30,31)27-10-2-3-17-15-19(5-7-22(17)27)32-14-13-26-11-8-24(9-12-26)20-16-18(28)4-6-21(20)25-23(24)29/h4-7,15-16,28H,2-3,8-14H2,1H3,(H,25,29). The van der Waals surface area contributed by atoms with E-state index in [0.717, 1.165) is 60.7 Å². The van der Waals surface area contributed by atoms with Crippen LogP contribution in [0.25, 0.3) is 0 Å². The van der Waals surface area contributed by atoms with E-state index in [0.29, 0.717) is 26.0 Å². The Balaban J connectivity index is 1.18. The van der Waals surface area contributed by atoms with Gasteiger partial charge in [-0.3, -0.25) is 14.0 Å². The predicted octanol–water partition coefficient (Wildman–Crippen LogP) is 2.47. The maximum Gasteiger partial charge on any atom is 0.235 e. The molecule has 33 heavy (non-hydrogen) atoms. The van der Waals surface area contributed by atoms with Gasteiger partial charge in [0, 0.05) is 18.8 Å². The summed E-state index contributed by atoms with van der Waals surface area (Å²) in [4.78, 5) is 15.0.